The minimum absolute atomic E-state index is 0.733. The average molecular weight is 426 g/mol. The SMILES string of the molecule is Cc1nc(-c2ccc3oc4ccccc4c3c2)cc(-c2ccc3oc4ccccc4c3c2)n1. The molecule has 3 aromatic heterocycles. The first-order chi connectivity index (χ1) is 16.2. The lowest BCUT2D eigenvalue weighted by molar-refractivity contribution is 0.668. The van der Waals surface area contributed by atoms with E-state index >= 15 is 0 Å². The van der Waals surface area contributed by atoms with Crippen LogP contribution in [0.15, 0.2) is 99.8 Å². The predicted molar refractivity (Wildman–Crippen MR) is 132 cm³/mol. The van der Waals surface area contributed by atoms with E-state index in [9.17, 15) is 0 Å². The molecule has 0 aliphatic carbocycles. The molecule has 0 N–H and O–H groups in total. The highest BCUT2D eigenvalue weighted by Crippen LogP contribution is 2.34. The third kappa shape index (κ3) is 2.84. The molecule has 0 saturated heterocycles. The number of aryl methyl sites for hydroxylation is 1. The second-order valence-electron chi connectivity index (χ2n) is 8.30. The van der Waals surface area contributed by atoms with E-state index in [1.54, 1.807) is 0 Å². The van der Waals surface area contributed by atoms with Gasteiger partial charge < -0.3 is 8.83 Å². The van der Waals surface area contributed by atoms with Crippen LogP contribution in [0.5, 0.6) is 0 Å². The van der Waals surface area contributed by atoms with Crippen LogP contribution in [0.1, 0.15) is 5.82 Å². The van der Waals surface area contributed by atoms with Gasteiger partial charge in [-0.05, 0) is 61.5 Å². The fourth-order valence-corrected chi connectivity index (χ4v) is 4.63. The highest BCUT2D eigenvalue weighted by atomic mass is 16.3. The fourth-order valence-electron chi connectivity index (χ4n) is 4.63. The van der Waals surface area contributed by atoms with Crippen LogP contribution in [0.2, 0.25) is 0 Å². The molecule has 156 valence electrons. The summed E-state index contributed by atoms with van der Waals surface area (Å²) in [5, 5.41) is 4.40. The Kier molecular flexibility index (Phi) is 3.73. The summed E-state index contributed by atoms with van der Waals surface area (Å²) in [5.41, 5.74) is 7.40. The minimum Gasteiger partial charge on any atom is -0.456 e. The largest absolute Gasteiger partial charge is 0.456 e. The van der Waals surface area contributed by atoms with Gasteiger partial charge in [-0.25, -0.2) is 9.97 Å². The van der Waals surface area contributed by atoms with Crippen LogP contribution in [-0.2, 0) is 0 Å². The van der Waals surface area contributed by atoms with Crippen molar-refractivity contribution in [2.45, 2.75) is 6.92 Å². The van der Waals surface area contributed by atoms with Crippen molar-refractivity contribution in [1.82, 2.24) is 9.97 Å². The first kappa shape index (κ1) is 18.2. The molecule has 0 amide bonds. The quantitative estimate of drug-likeness (QED) is 0.282. The van der Waals surface area contributed by atoms with Crippen LogP contribution >= 0.6 is 0 Å². The predicted octanol–water partition coefficient (Wildman–Crippen LogP) is 7.92. The molecular weight excluding hydrogens is 408 g/mol. The summed E-state index contributed by atoms with van der Waals surface area (Å²) < 4.78 is 12.0. The van der Waals surface area contributed by atoms with Gasteiger partial charge in [0, 0.05) is 32.7 Å². The molecule has 33 heavy (non-hydrogen) atoms. The van der Waals surface area contributed by atoms with Crippen LogP contribution in [0.25, 0.3) is 66.4 Å². The van der Waals surface area contributed by atoms with Gasteiger partial charge in [0.05, 0.1) is 11.4 Å². The molecule has 0 unspecified atom stereocenters. The standard InChI is InChI=1S/C29H18N2O2/c1-17-30-24(18-10-12-28-22(14-18)20-6-2-4-8-26(20)32-28)16-25(31-17)19-11-13-29-23(15-19)21-7-3-5-9-27(21)33-29/h2-16H,1H3. The summed E-state index contributed by atoms with van der Waals surface area (Å²) in [6, 6.07) is 30.7. The number of fused-ring (bicyclic) bond motifs is 6. The molecule has 4 nitrogen and oxygen atoms in total. The van der Waals surface area contributed by atoms with E-state index in [1.165, 1.54) is 0 Å². The highest BCUT2D eigenvalue weighted by Gasteiger charge is 2.13. The number of benzene rings is 4. The van der Waals surface area contributed by atoms with Crippen molar-refractivity contribution in [2.24, 2.45) is 0 Å². The second-order valence-corrected chi connectivity index (χ2v) is 8.30. The van der Waals surface area contributed by atoms with Gasteiger partial charge >= 0.3 is 0 Å². The molecule has 0 spiro atoms. The maximum absolute atomic E-state index is 5.99. The normalized spacial score (nSPS) is 11.8. The second kappa shape index (κ2) is 6.78. The lowest BCUT2D eigenvalue weighted by Gasteiger charge is -2.07. The van der Waals surface area contributed by atoms with Crippen molar-refractivity contribution in [3.05, 3.63) is 96.8 Å². The van der Waals surface area contributed by atoms with Gasteiger partial charge in [-0.2, -0.15) is 0 Å². The molecular formula is C29H18N2O2. The Bertz CT molecular complexity index is 1710. The third-order valence-electron chi connectivity index (χ3n) is 6.18. The Morgan fingerprint density at radius 3 is 1.45 bits per heavy atom. The van der Waals surface area contributed by atoms with Gasteiger partial charge in [0.25, 0.3) is 0 Å². The van der Waals surface area contributed by atoms with Crippen LogP contribution in [0.3, 0.4) is 0 Å². The molecule has 4 aromatic carbocycles. The van der Waals surface area contributed by atoms with Gasteiger partial charge in [-0.15, -0.1) is 0 Å². The zero-order valence-electron chi connectivity index (χ0n) is 17.9. The molecule has 7 rings (SSSR count). The molecule has 0 aliphatic rings. The Morgan fingerprint density at radius 2 is 0.939 bits per heavy atom. The highest BCUT2D eigenvalue weighted by molar-refractivity contribution is 6.07. The van der Waals surface area contributed by atoms with Gasteiger partial charge in [0.2, 0.25) is 0 Å². The molecule has 0 fully saturated rings. The van der Waals surface area contributed by atoms with Gasteiger partial charge in [0.15, 0.2) is 0 Å². The van der Waals surface area contributed by atoms with Crippen molar-refractivity contribution in [3.63, 3.8) is 0 Å². The molecule has 4 heteroatoms. The lowest BCUT2D eigenvalue weighted by Crippen LogP contribution is -1.94. The van der Waals surface area contributed by atoms with Crippen molar-refractivity contribution in [1.29, 1.82) is 0 Å². The topological polar surface area (TPSA) is 52.1 Å². The molecule has 0 bridgehead atoms. The number of aromatic nitrogens is 2. The van der Waals surface area contributed by atoms with Crippen molar-refractivity contribution < 1.29 is 8.83 Å². The monoisotopic (exact) mass is 426 g/mol. The van der Waals surface area contributed by atoms with E-state index in [2.05, 4.69) is 42.5 Å². The summed E-state index contributed by atoms with van der Waals surface area (Å²) in [4.78, 5) is 9.49. The molecule has 0 aliphatic heterocycles. The van der Waals surface area contributed by atoms with E-state index in [4.69, 9.17) is 18.8 Å². The van der Waals surface area contributed by atoms with Crippen molar-refractivity contribution >= 4 is 43.9 Å². The zero-order valence-corrected chi connectivity index (χ0v) is 17.9. The van der Waals surface area contributed by atoms with Crippen LogP contribution in [0, 0.1) is 6.92 Å². The Labute approximate surface area is 189 Å². The third-order valence-corrected chi connectivity index (χ3v) is 6.18. The van der Waals surface area contributed by atoms with E-state index in [0.29, 0.717) is 0 Å². The average Bonchev–Trinajstić information content (AvgIpc) is 3.41. The van der Waals surface area contributed by atoms with Gasteiger partial charge in [-0.1, -0.05) is 36.4 Å². The van der Waals surface area contributed by atoms with Crippen molar-refractivity contribution in [3.8, 4) is 22.5 Å². The maximum Gasteiger partial charge on any atom is 0.135 e. The summed E-state index contributed by atoms with van der Waals surface area (Å²) >= 11 is 0. The molecule has 0 atom stereocenters. The zero-order chi connectivity index (χ0) is 21.9. The summed E-state index contributed by atoms with van der Waals surface area (Å²) in [6.45, 7) is 1.94. The number of hydrogen-bond acceptors (Lipinski definition) is 4. The lowest BCUT2D eigenvalue weighted by atomic mass is 10.0. The van der Waals surface area contributed by atoms with E-state index < -0.39 is 0 Å². The number of furan rings is 2. The Balaban J connectivity index is 1.39. The molecule has 0 saturated carbocycles. The van der Waals surface area contributed by atoms with Gasteiger partial charge in [-0.3, -0.25) is 0 Å². The maximum atomic E-state index is 5.99. The summed E-state index contributed by atoms with van der Waals surface area (Å²) in [7, 11) is 0. The molecule has 0 radical (unpaired) electrons. The molecule has 7 aromatic rings. The summed E-state index contributed by atoms with van der Waals surface area (Å²) in [5.74, 6) is 0.733. The van der Waals surface area contributed by atoms with Crippen LogP contribution < -0.4 is 0 Å². The molecule has 3 heterocycles. The number of nitrogens with zero attached hydrogens (tertiary/aromatic N) is 2. The van der Waals surface area contributed by atoms with Crippen LogP contribution in [-0.4, -0.2) is 9.97 Å². The number of hydrogen-bond donors (Lipinski definition) is 0. The minimum atomic E-state index is 0.733. The fraction of sp³-hybridized carbons (Fsp3) is 0.0345. The first-order valence-corrected chi connectivity index (χ1v) is 10.9. The first-order valence-electron chi connectivity index (χ1n) is 10.9. The van der Waals surface area contributed by atoms with E-state index in [-0.39, 0.29) is 0 Å². The number of para-hydroxylation sites is 2. The smallest absolute Gasteiger partial charge is 0.135 e. The number of rotatable bonds is 2. The van der Waals surface area contributed by atoms with E-state index in [1.807, 2.05) is 55.5 Å². The van der Waals surface area contributed by atoms with Crippen LogP contribution in [0.4, 0.5) is 0 Å². The van der Waals surface area contributed by atoms with Crippen molar-refractivity contribution in [2.75, 3.05) is 0 Å². The summed E-state index contributed by atoms with van der Waals surface area (Å²) in [6.07, 6.45) is 0. The van der Waals surface area contributed by atoms with Gasteiger partial charge in [0.1, 0.15) is 28.2 Å². The van der Waals surface area contributed by atoms with E-state index in [0.717, 1.165) is 72.2 Å². The Morgan fingerprint density at radius 1 is 0.485 bits per heavy atom. The Hall–Kier alpha value is -4.44.